The molecule has 0 bridgehead atoms. The first-order chi connectivity index (χ1) is 6.81. The number of nitrogens with one attached hydrogen (secondary N) is 2. The summed E-state index contributed by atoms with van der Waals surface area (Å²) in [4.78, 5) is 0. The standard InChI is InChI=1S/C12H20N2/c1-4-5-10-6-8-11(9-7-10)12(13-2)14-3/h6-9,12-14H,4-5H2,1-3H3. The number of benzene rings is 1. The van der Waals surface area contributed by atoms with Gasteiger partial charge in [-0.05, 0) is 31.6 Å². The predicted octanol–water partition coefficient (Wildman–Crippen LogP) is 2.08. The summed E-state index contributed by atoms with van der Waals surface area (Å²) >= 11 is 0. The van der Waals surface area contributed by atoms with E-state index in [4.69, 9.17) is 0 Å². The van der Waals surface area contributed by atoms with Crippen LogP contribution in [0.2, 0.25) is 0 Å². The van der Waals surface area contributed by atoms with Gasteiger partial charge < -0.3 is 10.6 Å². The van der Waals surface area contributed by atoms with Crippen molar-refractivity contribution in [2.24, 2.45) is 0 Å². The van der Waals surface area contributed by atoms with E-state index in [1.807, 2.05) is 14.1 Å². The van der Waals surface area contributed by atoms with Crippen LogP contribution in [0.5, 0.6) is 0 Å². The Morgan fingerprint density at radius 2 is 1.64 bits per heavy atom. The Labute approximate surface area is 86.7 Å². The van der Waals surface area contributed by atoms with Gasteiger partial charge in [-0.1, -0.05) is 37.6 Å². The molecule has 2 nitrogen and oxygen atoms in total. The minimum absolute atomic E-state index is 0.255. The van der Waals surface area contributed by atoms with Crippen LogP contribution in [0.15, 0.2) is 24.3 Å². The SMILES string of the molecule is CCCc1ccc(C(NC)NC)cc1. The highest BCUT2D eigenvalue weighted by atomic mass is 15.1. The molecule has 0 aliphatic carbocycles. The maximum absolute atomic E-state index is 3.21. The first kappa shape index (κ1) is 11.2. The Bertz CT molecular complexity index is 250. The minimum Gasteiger partial charge on any atom is -0.301 e. The van der Waals surface area contributed by atoms with Crippen molar-refractivity contribution in [1.29, 1.82) is 0 Å². The van der Waals surface area contributed by atoms with Crippen molar-refractivity contribution < 1.29 is 0 Å². The second-order valence-corrected chi connectivity index (χ2v) is 3.50. The third-order valence-corrected chi connectivity index (χ3v) is 2.43. The number of hydrogen-bond acceptors (Lipinski definition) is 2. The zero-order valence-corrected chi connectivity index (χ0v) is 9.30. The van der Waals surface area contributed by atoms with Gasteiger partial charge in [-0.15, -0.1) is 0 Å². The Morgan fingerprint density at radius 3 is 2.07 bits per heavy atom. The molecule has 78 valence electrons. The summed E-state index contributed by atoms with van der Waals surface area (Å²) in [7, 11) is 3.92. The molecule has 1 aromatic carbocycles. The average molecular weight is 192 g/mol. The fourth-order valence-corrected chi connectivity index (χ4v) is 1.64. The fourth-order valence-electron chi connectivity index (χ4n) is 1.64. The van der Waals surface area contributed by atoms with Gasteiger partial charge in [0.2, 0.25) is 0 Å². The molecule has 14 heavy (non-hydrogen) atoms. The maximum Gasteiger partial charge on any atom is 0.0830 e. The van der Waals surface area contributed by atoms with Gasteiger partial charge in [-0.3, -0.25) is 0 Å². The lowest BCUT2D eigenvalue weighted by Crippen LogP contribution is -2.28. The van der Waals surface area contributed by atoms with Crippen molar-refractivity contribution in [3.8, 4) is 0 Å². The van der Waals surface area contributed by atoms with Gasteiger partial charge in [-0.2, -0.15) is 0 Å². The molecule has 0 spiro atoms. The molecule has 1 rings (SSSR count). The summed E-state index contributed by atoms with van der Waals surface area (Å²) in [6.45, 7) is 2.21. The van der Waals surface area contributed by atoms with E-state index in [0.29, 0.717) is 0 Å². The maximum atomic E-state index is 3.21. The minimum atomic E-state index is 0.255. The van der Waals surface area contributed by atoms with Crippen LogP contribution in [0.25, 0.3) is 0 Å². The van der Waals surface area contributed by atoms with E-state index in [9.17, 15) is 0 Å². The van der Waals surface area contributed by atoms with E-state index in [2.05, 4.69) is 41.8 Å². The largest absolute Gasteiger partial charge is 0.301 e. The molecule has 0 fully saturated rings. The van der Waals surface area contributed by atoms with Crippen LogP contribution < -0.4 is 10.6 Å². The Balaban J connectivity index is 2.71. The number of rotatable bonds is 5. The van der Waals surface area contributed by atoms with Crippen molar-refractivity contribution >= 4 is 0 Å². The van der Waals surface area contributed by atoms with Crippen molar-refractivity contribution in [3.05, 3.63) is 35.4 Å². The smallest absolute Gasteiger partial charge is 0.0830 e. The lowest BCUT2D eigenvalue weighted by atomic mass is 10.1. The van der Waals surface area contributed by atoms with Crippen molar-refractivity contribution in [2.75, 3.05) is 14.1 Å². The molecular weight excluding hydrogens is 172 g/mol. The van der Waals surface area contributed by atoms with Crippen LogP contribution in [0.3, 0.4) is 0 Å². The first-order valence-electron chi connectivity index (χ1n) is 5.25. The van der Waals surface area contributed by atoms with Crippen LogP contribution in [-0.2, 0) is 6.42 Å². The molecule has 0 aliphatic heterocycles. The molecule has 2 N–H and O–H groups in total. The average Bonchev–Trinajstić information content (AvgIpc) is 2.23. The van der Waals surface area contributed by atoms with E-state index in [-0.39, 0.29) is 6.17 Å². The summed E-state index contributed by atoms with van der Waals surface area (Å²) in [5.74, 6) is 0. The van der Waals surface area contributed by atoms with Crippen LogP contribution in [0, 0.1) is 0 Å². The van der Waals surface area contributed by atoms with E-state index in [1.165, 1.54) is 24.0 Å². The second kappa shape index (κ2) is 5.78. The van der Waals surface area contributed by atoms with Crippen LogP contribution in [0.4, 0.5) is 0 Å². The van der Waals surface area contributed by atoms with E-state index < -0.39 is 0 Å². The molecule has 0 saturated heterocycles. The number of hydrogen-bond donors (Lipinski definition) is 2. The van der Waals surface area contributed by atoms with Crippen LogP contribution >= 0.6 is 0 Å². The Kier molecular flexibility index (Phi) is 4.63. The molecule has 1 aromatic rings. The molecule has 0 heterocycles. The van der Waals surface area contributed by atoms with Gasteiger partial charge in [0, 0.05) is 0 Å². The highest BCUT2D eigenvalue weighted by Crippen LogP contribution is 2.11. The molecule has 0 unspecified atom stereocenters. The molecule has 0 aliphatic rings. The summed E-state index contributed by atoms with van der Waals surface area (Å²) in [6, 6.07) is 8.78. The van der Waals surface area contributed by atoms with Gasteiger partial charge in [0.1, 0.15) is 0 Å². The van der Waals surface area contributed by atoms with Gasteiger partial charge >= 0.3 is 0 Å². The predicted molar refractivity (Wildman–Crippen MR) is 61.3 cm³/mol. The second-order valence-electron chi connectivity index (χ2n) is 3.50. The van der Waals surface area contributed by atoms with E-state index >= 15 is 0 Å². The monoisotopic (exact) mass is 192 g/mol. The zero-order valence-electron chi connectivity index (χ0n) is 9.30. The molecule has 2 heteroatoms. The van der Waals surface area contributed by atoms with Crippen molar-refractivity contribution in [2.45, 2.75) is 25.9 Å². The van der Waals surface area contributed by atoms with E-state index in [1.54, 1.807) is 0 Å². The topological polar surface area (TPSA) is 24.1 Å². The van der Waals surface area contributed by atoms with Crippen molar-refractivity contribution in [3.63, 3.8) is 0 Å². The molecule has 0 saturated carbocycles. The van der Waals surface area contributed by atoms with Gasteiger partial charge in [0.25, 0.3) is 0 Å². The normalized spacial score (nSPS) is 10.9. The van der Waals surface area contributed by atoms with Gasteiger partial charge in [-0.25, -0.2) is 0 Å². The lowest BCUT2D eigenvalue weighted by Gasteiger charge is -2.15. The molecule has 0 radical (unpaired) electrons. The Hall–Kier alpha value is -0.860. The third-order valence-electron chi connectivity index (χ3n) is 2.43. The number of aryl methyl sites for hydroxylation is 1. The molecule has 0 aromatic heterocycles. The fraction of sp³-hybridized carbons (Fsp3) is 0.500. The quantitative estimate of drug-likeness (QED) is 0.698. The molecule has 0 atom stereocenters. The van der Waals surface area contributed by atoms with Crippen molar-refractivity contribution in [1.82, 2.24) is 10.6 Å². The summed E-state index contributed by atoms with van der Waals surface area (Å²) in [6.07, 6.45) is 2.64. The molecular formula is C12H20N2. The van der Waals surface area contributed by atoms with Gasteiger partial charge in [0.15, 0.2) is 0 Å². The lowest BCUT2D eigenvalue weighted by molar-refractivity contribution is 0.520. The summed E-state index contributed by atoms with van der Waals surface area (Å²) in [5, 5.41) is 6.42. The summed E-state index contributed by atoms with van der Waals surface area (Å²) in [5.41, 5.74) is 2.71. The highest BCUT2D eigenvalue weighted by Gasteiger charge is 2.04. The zero-order chi connectivity index (χ0) is 10.4. The molecule has 0 amide bonds. The third kappa shape index (κ3) is 2.82. The van der Waals surface area contributed by atoms with Crippen LogP contribution in [-0.4, -0.2) is 14.1 Å². The van der Waals surface area contributed by atoms with Crippen LogP contribution in [0.1, 0.15) is 30.6 Å². The highest BCUT2D eigenvalue weighted by molar-refractivity contribution is 5.24. The van der Waals surface area contributed by atoms with Gasteiger partial charge in [0.05, 0.1) is 6.17 Å². The Morgan fingerprint density at radius 1 is 1.07 bits per heavy atom. The first-order valence-corrected chi connectivity index (χ1v) is 5.25. The van der Waals surface area contributed by atoms with E-state index in [0.717, 1.165) is 0 Å². The summed E-state index contributed by atoms with van der Waals surface area (Å²) < 4.78 is 0.